The van der Waals surface area contributed by atoms with Crippen molar-refractivity contribution in [3.05, 3.63) is 58.1 Å². The molecule has 1 aromatic heterocycles. The number of anilines is 1. The van der Waals surface area contributed by atoms with E-state index < -0.39 is 0 Å². The molecule has 2 aromatic rings. The molecule has 1 saturated heterocycles. The van der Waals surface area contributed by atoms with Crippen LogP contribution in [-0.2, 0) is 0 Å². The fourth-order valence-electron chi connectivity index (χ4n) is 2.82. The summed E-state index contributed by atoms with van der Waals surface area (Å²) in [5.74, 6) is -0.121. The molecule has 1 aliphatic heterocycles. The third-order valence-electron chi connectivity index (χ3n) is 4.05. The van der Waals surface area contributed by atoms with E-state index in [4.69, 9.17) is 23.2 Å². The molecule has 1 atom stereocenters. The molecule has 1 N–H and O–H groups in total. The minimum absolute atomic E-state index is 0.191. The summed E-state index contributed by atoms with van der Waals surface area (Å²) in [5, 5.41) is 3.29. The smallest absolute Gasteiger partial charge is 0.251 e. The summed E-state index contributed by atoms with van der Waals surface area (Å²) in [6, 6.07) is 9.45. The van der Waals surface area contributed by atoms with E-state index in [2.05, 4.69) is 15.2 Å². The monoisotopic (exact) mass is 367 g/mol. The molecule has 1 aliphatic rings. The van der Waals surface area contributed by atoms with Crippen molar-refractivity contribution in [2.24, 2.45) is 5.92 Å². The topological polar surface area (TPSA) is 45.2 Å². The maximum atomic E-state index is 13.0. The van der Waals surface area contributed by atoms with Crippen LogP contribution in [0.5, 0.6) is 0 Å². The number of halogens is 3. The highest BCUT2D eigenvalue weighted by Gasteiger charge is 2.23. The summed E-state index contributed by atoms with van der Waals surface area (Å²) in [6.07, 6.45) is 0.968. The van der Waals surface area contributed by atoms with Crippen LogP contribution in [0.2, 0.25) is 10.3 Å². The Balaban J connectivity index is 1.54. The zero-order valence-corrected chi connectivity index (χ0v) is 14.3. The number of hydrogen-bond donors (Lipinski definition) is 1. The lowest BCUT2D eigenvalue weighted by atomic mass is 10.1. The van der Waals surface area contributed by atoms with E-state index in [1.54, 1.807) is 12.1 Å². The number of nitrogens with zero attached hydrogens (tertiary/aromatic N) is 2. The molecule has 1 aromatic carbocycles. The Hall–Kier alpha value is -1.85. The molecule has 0 saturated carbocycles. The minimum Gasteiger partial charge on any atom is -0.371 e. The van der Waals surface area contributed by atoms with Gasteiger partial charge in [0.2, 0.25) is 0 Å². The number of carbonyl (C=O) groups excluding carboxylic acids is 1. The van der Waals surface area contributed by atoms with Crippen LogP contribution in [0, 0.1) is 11.7 Å². The third kappa shape index (κ3) is 4.16. The Morgan fingerprint density at radius 3 is 2.58 bits per heavy atom. The molecule has 7 heteroatoms. The Morgan fingerprint density at radius 1 is 1.25 bits per heavy atom. The second-order valence-corrected chi connectivity index (χ2v) is 6.56. The van der Waals surface area contributed by atoms with Crippen molar-refractivity contribution in [1.82, 2.24) is 10.3 Å². The summed E-state index contributed by atoms with van der Waals surface area (Å²) in [4.78, 5) is 18.2. The molecule has 4 nitrogen and oxygen atoms in total. The van der Waals surface area contributed by atoms with Gasteiger partial charge in [0, 0.05) is 30.9 Å². The van der Waals surface area contributed by atoms with E-state index in [0.717, 1.165) is 25.2 Å². The van der Waals surface area contributed by atoms with Crippen LogP contribution >= 0.6 is 23.2 Å². The van der Waals surface area contributed by atoms with Gasteiger partial charge in [0.15, 0.2) is 0 Å². The maximum Gasteiger partial charge on any atom is 0.251 e. The van der Waals surface area contributed by atoms with Crippen LogP contribution in [0.1, 0.15) is 16.8 Å². The van der Waals surface area contributed by atoms with E-state index in [0.29, 0.717) is 18.0 Å². The molecular weight excluding hydrogens is 352 g/mol. The SMILES string of the molecule is O=C(NCC1CCN(c2ccc(F)cc2)C1)c1cc(Cl)nc(Cl)c1. The number of benzene rings is 1. The predicted molar refractivity (Wildman–Crippen MR) is 93.3 cm³/mol. The van der Waals surface area contributed by atoms with Gasteiger partial charge in [-0.25, -0.2) is 9.37 Å². The lowest BCUT2D eigenvalue weighted by Gasteiger charge is -2.18. The summed E-state index contributed by atoms with van der Waals surface area (Å²) in [5.41, 5.74) is 1.39. The normalized spacial score (nSPS) is 17.1. The van der Waals surface area contributed by atoms with Gasteiger partial charge in [0.25, 0.3) is 5.91 Å². The van der Waals surface area contributed by atoms with Gasteiger partial charge in [0.05, 0.1) is 0 Å². The second kappa shape index (κ2) is 7.36. The zero-order valence-electron chi connectivity index (χ0n) is 12.8. The third-order valence-corrected chi connectivity index (χ3v) is 4.44. The van der Waals surface area contributed by atoms with Gasteiger partial charge in [-0.2, -0.15) is 0 Å². The molecule has 24 heavy (non-hydrogen) atoms. The number of amides is 1. The first-order chi connectivity index (χ1) is 11.5. The predicted octanol–water partition coefficient (Wildman–Crippen LogP) is 3.78. The molecule has 0 aliphatic carbocycles. The highest BCUT2D eigenvalue weighted by atomic mass is 35.5. The quantitative estimate of drug-likeness (QED) is 0.836. The van der Waals surface area contributed by atoms with Crippen molar-refractivity contribution in [1.29, 1.82) is 0 Å². The highest BCUT2D eigenvalue weighted by molar-refractivity contribution is 6.33. The molecule has 126 valence electrons. The van der Waals surface area contributed by atoms with E-state index in [1.807, 2.05) is 0 Å². The molecule has 1 amide bonds. The van der Waals surface area contributed by atoms with Gasteiger partial charge in [0.1, 0.15) is 16.1 Å². The highest BCUT2D eigenvalue weighted by Crippen LogP contribution is 2.23. The fraction of sp³-hybridized carbons (Fsp3) is 0.294. The number of rotatable bonds is 4. The van der Waals surface area contributed by atoms with Crippen LogP contribution in [0.25, 0.3) is 0 Å². The average Bonchev–Trinajstić information content (AvgIpc) is 3.01. The Morgan fingerprint density at radius 2 is 1.92 bits per heavy atom. The summed E-state index contributed by atoms with van der Waals surface area (Å²) in [7, 11) is 0. The Labute approximate surface area is 149 Å². The van der Waals surface area contributed by atoms with Crippen molar-refractivity contribution in [2.75, 3.05) is 24.5 Å². The van der Waals surface area contributed by atoms with E-state index >= 15 is 0 Å². The Bertz CT molecular complexity index is 719. The fourth-order valence-corrected chi connectivity index (χ4v) is 3.28. The van der Waals surface area contributed by atoms with Crippen LogP contribution in [0.3, 0.4) is 0 Å². The first kappa shape index (κ1) is 17.0. The summed E-state index contributed by atoms with van der Waals surface area (Å²) in [6.45, 7) is 2.27. The van der Waals surface area contributed by atoms with Crippen LogP contribution in [0.15, 0.2) is 36.4 Å². The second-order valence-electron chi connectivity index (χ2n) is 5.79. The van der Waals surface area contributed by atoms with E-state index in [-0.39, 0.29) is 22.0 Å². The largest absolute Gasteiger partial charge is 0.371 e. The number of carbonyl (C=O) groups is 1. The van der Waals surface area contributed by atoms with Gasteiger partial charge in [-0.1, -0.05) is 23.2 Å². The lowest BCUT2D eigenvalue weighted by molar-refractivity contribution is 0.0948. The van der Waals surface area contributed by atoms with Crippen molar-refractivity contribution >= 4 is 34.8 Å². The molecular formula is C17H16Cl2FN3O. The van der Waals surface area contributed by atoms with Gasteiger partial charge in [-0.05, 0) is 48.7 Å². The zero-order chi connectivity index (χ0) is 17.1. The molecule has 3 rings (SSSR count). The average molecular weight is 368 g/mol. The number of aromatic nitrogens is 1. The lowest BCUT2D eigenvalue weighted by Crippen LogP contribution is -2.31. The van der Waals surface area contributed by atoms with Crippen molar-refractivity contribution in [3.63, 3.8) is 0 Å². The first-order valence-electron chi connectivity index (χ1n) is 7.63. The molecule has 0 bridgehead atoms. The first-order valence-corrected chi connectivity index (χ1v) is 8.38. The van der Waals surface area contributed by atoms with E-state index in [9.17, 15) is 9.18 Å². The van der Waals surface area contributed by atoms with Gasteiger partial charge in [-0.15, -0.1) is 0 Å². The number of pyridine rings is 1. The van der Waals surface area contributed by atoms with Gasteiger partial charge < -0.3 is 10.2 Å². The van der Waals surface area contributed by atoms with Gasteiger partial charge in [-0.3, -0.25) is 4.79 Å². The molecule has 0 spiro atoms. The maximum absolute atomic E-state index is 13.0. The van der Waals surface area contributed by atoms with Crippen LogP contribution in [0.4, 0.5) is 10.1 Å². The van der Waals surface area contributed by atoms with E-state index in [1.165, 1.54) is 24.3 Å². The standard InChI is InChI=1S/C17H16Cl2FN3O/c18-15-7-12(8-16(19)22-15)17(24)21-9-11-5-6-23(10-11)14-3-1-13(20)2-4-14/h1-4,7-8,11H,5-6,9-10H2,(H,21,24). The molecule has 1 unspecified atom stereocenters. The summed E-state index contributed by atoms with van der Waals surface area (Å²) < 4.78 is 13.0. The number of nitrogens with one attached hydrogen (secondary N) is 1. The summed E-state index contributed by atoms with van der Waals surface area (Å²) >= 11 is 11.6. The Kier molecular flexibility index (Phi) is 5.21. The van der Waals surface area contributed by atoms with Crippen LogP contribution < -0.4 is 10.2 Å². The molecule has 0 radical (unpaired) electrons. The number of hydrogen-bond acceptors (Lipinski definition) is 3. The van der Waals surface area contributed by atoms with Crippen LogP contribution in [-0.4, -0.2) is 30.5 Å². The van der Waals surface area contributed by atoms with Crippen molar-refractivity contribution in [3.8, 4) is 0 Å². The molecule has 1 fully saturated rings. The van der Waals surface area contributed by atoms with Gasteiger partial charge >= 0.3 is 0 Å². The van der Waals surface area contributed by atoms with Crippen molar-refractivity contribution < 1.29 is 9.18 Å². The minimum atomic E-state index is -0.239. The molecule has 2 heterocycles. The van der Waals surface area contributed by atoms with Crippen molar-refractivity contribution in [2.45, 2.75) is 6.42 Å².